The molecule has 2 bridgehead atoms. The normalized spacial score (nSPS) is 33.1. The van der Waals surface area contributed by atoms with Crippen LogP contribution in [0.15, 0.2) is 18.5 Å². The van der Waals surface area contributed by atoms with Gasteiger partial charge in [0.05, 0.1) is 0 Å². The average molecular weight is 233 g/mol. The van der Waals surface area contributed by atoms with Crippen molar-refractivity contribution < 1.29 is 0 Å². The molecule has 2 aliphatic heterocycles. The molecule has 3 rings (SSSR count). The first-order valence-electron chi connectivity index (χ1n) is 6.87. The van der Waals surface area contributed by atoms with Crippen LogP contribution in [0.3, 0.4) is 0 Å². The lowest BCUT2D eigenvalue weighted by atomic mass is 9.91. The Bertz CT molecular complexity index is 332. The van der Waals surface area contributed by atoms with Gasteiger partial charge < -0.3 is 15.2 Å². The van der Waals surface area contributed by atoms with Gasteiger partial charge in [0.2, 0.25) is 0 Å². The second-order valence-electron chi connectivity index (χ2n) is 5.74. The van der Waals surface area contributed by atoms with Crippen molar-refractivity contribution in [1.29, 1.82) is 0 Å². The Labute approximate surface area is 104 Å². The van der Waals surface area contributed by atoms with E-state index in [4.69, 9.17) is 0 Å². The van der Waals surface area contributed by atoms with Crippen molar-refractivity contribution in [1.82, 2.24) is 15.2 Å². The Morgan fingerprint density at radius 3 is 2.76 bits per heavy atom. The Balaban J connectivity index is 1.44. The van der Waals surface area contributed by atoms with Gasteiger partial charge in [-0.3, -0.25) is 0 Å². The van der Waals surface area contributed by atoms with Crippen LogP contribution >= 0.6 is 0 Å². The molecule has 2 aliphatic rings. The minimum atomic E-state index is 0.868. The predicted molar refractivity (Wildman–Crippen MR) is 69.8 cm³/mol. The Hall–Kier alpha value is -0.800. The van der Waals surface area contributed by atoms with Crippen molar-refractivity contribution in [2.24, 2.45) is 5.92 Å². The third-order valence-electron chi connectivity index (χ3n) is 4.62. The van der Waals surface area contributed by atoms with Gasteiger partial charge in [-0.05, 0) is 56.8 Å². The van der Waals surface area contributed by atoms with Gasteiger partial charge in [0.1, 0.15) is 0 Å². The fourth-order valence-electron chi connectivity index (χ4n) is 3.58. The van der Waals surface area contributed by atoms with Crippen LogP contribution in [0.4, 0.5) is 0 Å². The van der Waals surface area contributed by atoms with Gasteiger partial charge in [-0.2, -0.15) is 0 Å². The summed E-state index contributed by atoms with van der Waals surface area (Å²) in [5, 5.41) is 3.60. The summed E-state index contributed by atoms with van der Waals surface area (Å²) >= 11 is 0. The fourth-order valence-corrected chi connectivity index (χ4v) is 3.58. The van der Waals surface area contributed by atoms with Gasteiger partial charge >= 0.3 is 0 Å². The molecule has 94 valence electrons. The Morgan fingerprint density at radius 1 is 1.35 bits per heavy atom. The first kappa shape index (κ1) is 11.3. The highest BCUT2D eigenvalue weighted by Gasteiger charge is 2.37. The number of hydrogen-bond donors (Lipinski definition) is 2. The van der Waals surface area contributed by atoms with Crippen molar-refractivity contribution in [2.45, 2.75) is 44.3 Å². The van der Waals surface area contributed by atoms with E-state index in [-0.39, 0.29) is 0 Å². The third kappa shape index (κ3) is 2.40. The minimum absolute atomic E-state index is 0.868. The first-order chi connectivity index (χ1) is 8.33. The lowest BCUT2D eigenvalue weighted by Crippen LogP contribution is -2.42. The van der Waals surface area contributed by atoms with Crippen molar-refractivity contribution in [3.05, 3.63) is 24.0 Å². The molecular weight excluding hydrogens is 210 g/mol. The van der Waals surface area contributed by atoms with Crippen LogP contribution in [0.2, 0.25) is 0 Å². The zero-order valence-electron chi connectivity index (χ0n) is 10.7. The summed E-state index contributed by atoms with van der Waals surface area (Å²) in [4.78, 5) is 5.72. The van der Waals surface area contributed by atoms with Crippen LogP contribution in [-0.4, -0.2) is 35.6 Å². The smallest absolute Gasteiger partial charge is 0.0220 e. The molecule has 17 heavy (non-hydrogen) atoms. The molecule has 2 atom stereocenters. The molecule has 0 saturated carbocycles. The first-order valence-corrected chi connectivity index (χ1v) is 6.87. The maximum absolute atomic E-state index is 3.60. The number of piperidine rings is 1. The second-order valence-corrected chi connectivity index (χ2v) is 5.74. The lowest BCUT2D eigenvalue weighted by molar-refractivity contribution is 0.133. The molecule has 3 nitrogen and oxygen atoms in total. The number of fused-ring (bicyclic) bond motifs is 2. The number of nitrogens with one attached hydrogen (secondary N) is 2. The number of aromatic amines is 1. The van der Waals surface area contributed by atoms with Crippen LogP contribution in [0.5, 0.6) is 0 Å². The molecule has 1 aromatic heterocycles. The summed E-state index contributed by atoms with van der Waals surface area (Å²) in [5.74, 6) is 0.891. The molecule has 2 saturated heterocycles. The SMILES string of the molecule is CN1C2CCC1CC(CNCc1cc[nH]c1)C2. The summed E-state index contributed by atoms with van der Waals surface area (Å²) in [6.07, 6.45) is 9.71. The summed E-state index contributed by atoms with van der Waals surface area (Å²) in [5.41, 5.74) is 1.36. The van der Waals surface area contributed by atoms with E-state index in [1.807, 2.05) is 6.20 Å². The standard InChI is InChI=1S/C14H23N3/c1-17-13-2-3-14(17)7-12(6-13)10-16-9-11-4-5-15-8-11/h4-5,8,12-16H,2-3,6-7,9-10H2,1H3. The Morgan fingerprint density at radius 2 is 2.12 bits per heavy atom. The van der Waals surface area contributed by atoms with Crippen molar-refractivity contribution in [2.75, 3.05) is 13.6 Å². The van der Waals surface area contributed by atoms with E-state index in [1.165, 1.54) is 37.8 Å². The fraction of sp³-hybridized carbons (Fsp3) is 0.714. The van der Waals surface area contributed by atoms with E-state index in [1.54, 1.807) is 0 Å². The number of rotatable bonds is 4. The van der Waals surface area contributed by atoms with E-state index >= 15 is 0 Å². The lowest BCUT2D eigenvalue weighted by Gasteiger charge is -2.36. The highest BCUT2D eigenvalue weighted by molar-refractivity contribution is 5.07. The third-order valence-corrected chi connectivity index (χ3v) is 4.62. The maximum Gasteiger partial charge on any atom is 0.0220 e. The van der Waals surface area contributed by atoms with Crippen molar-refractivity contribution in [3.8, 4) is 0 Å². The summed E-state index contributed by atoms with van der Waals surface area (Å²) in [6.45, 7) is 2.19. The van der Waals surface area contributed by atoms with Crippen molar-refractivity contribution in [3.63, 3.8) is 0 Å². The largest absolute Gasteiger partial charge is 0.367 e. The summed E-state index contributed by atoms with van der Waals surface area (Å²) < 4.78 is 0. The van der Waals surface area contributed by atoms with E-state index in [0.29, 0.717) is 0 Å². The summed E-state index contributed by atoms with van der Waals surface area (Å²) in [7, 11) is 2.31. The number of aromatic nitrogens is 1. The van der Waals surface area contributed by atoms with Gasteiger partial charge in [0, 0.05) is 31.0 Å². The zero-order valence-corrected chi connectivity index (χ0v) is 10.7. The minimum Gasteiger partial charge on any atom is -0.367 e. The van der Waals surface area contributed by atoms with E-state index in [0.717, 1.165) is 24.5 Å². The number of H-pyrrole nitrogens is 1. The van der Waals surface area contributed by atoms with Gasteiger partial charge in [0.25, 0.3) is 0 Å². The van der Waals surface area contributed by atoms with Crippen LogP contribution < -0.4 is 5.32 Å². The van der Waals surface area contributed by atoms with Crippen LogP contribution in [0.25, 0.3) is 0 Å². The Kier molecular flexibility index (Phi) is 3.21. The predicted octanol–water partition coefficient (Wildman–Crippen LogP) is 1.98. The topological polar surface area (TPSA) is 31.1 Å². The van der Waals surface area contributed by atoms with Gasteiger partial charge in [0.15, 0.2) is 0 Å². The van der Waals surface area contributed by atoms with Gasteiger partial charge in [-0.1, -0.05) is 0 Å². The molecule has 0 spiro atoms. The molecule has 0 amide bonds. The van der Waals surface area contributed by atoms with Crippen LogP contribution in [0, 0.1) is 5.92 Å². The van der Waals surface area contributed by atoms with E-state index in [2.05, 4.69) is 34.5 Å². The molecule has 3 heterocycles. The highest BCUT2D eigenvalue weighted by atomic mass is 15.2. The summed E-state index contributed by atoms with van der Waals surface area (Å²) in [6, 6.07) is 3.88. The molecular formula is C14H23N3. The van der Waals surface area contributed by atoms with E-state index in [9.17, 15) is 0 Å². The second kappa shape index (κ2) is 4.83. The quantitative estimate of drug-likeness (QED) is 0.833. The molecule has 0 aliphatic carbocycles. The average Bonchev–Trinajstić information content (AvgIpc) is 2.87. The molecule has 3 heteroatoms. The van der Waals surface area contributed by atoms with E-state index < -0.39 is 0 Å². The molecule has 2 N–H and O–H groups in total. The van der Waals surface area contributed by atoms with Gasteiger partial charge in [-0.15, -0.1) is 0 Å². The number of hydrogen-bond acceptors (Lipinski definition) is 2. The van der Waals surface area contributed by atoms with Gasteiger partial charge in [-0.25, -0.2) is 0 Å². The molecule has 0 aromatic carbocycles. The van der Waals surface area contributed by atoms with Crippen LogP contribution in [-0.2, 0) is 6.54 Å². The molecule has 1 aromatic rings. The molecule has 2 unspecified atom stereocenters. The zero-order chi connectivity index (χ0) is 11.7. The number of nitrogens with zero attached hydrogens (tertiary/aromatic N) is 1. The highest BCUT2D eigenvalue weighted by Crippen LogP contribution is 2.36. The van der Waals surface area contributed by atoms with Crippen LogP contribution in [0.1, 0.15) is 31.2 Å². The van der Waals surface area contributed by atoms with Crippen molar-refractivity contribution >= 4 is 0 Å². The molecule has 2 fully saturated rings. The molecule has 0 radical (unpaired) electrons. The maximum atomic E-state index is 3.60. The monoisotopic (exact) mass is 233 g/mol.